The summed E-state index contributed by atoms with van der Waals surface area (Å²) >= 11 is 0. The van der Waals surface area contributed by atoms with Crippen LogP contribution in [0.25, 0.3) is 0 Å². The maximum Gasteiger partial charge on any atom is 0.214 e. The molecule has 5 nitrogen and oxygen atoms in total. The summed E-state index contributed by atoms with van der Waals surface area (Å²) in [6, 6.07) is 0.0306. The molecule has 72 valence electrons. The van der Waals surface area contributed by atoms with E-state index in [2.05, 4.69) is 0 Å². The van der Waals surface area contributed by atoms with Crippen LogP contribution in [-0.4, -0.2) is 49.4 Å². The molecule has 1 rings (SSSR count). The van der Waals surface area contributed by atoms with E-state index in [-0.39, 0.29) is 12.6 Å². The molecule has 0 aliphatic carbocycles. The van der Waals surface area contributed by atoms with Crippen LogP contribution in [0.1, 0.15) is 6.92 Å². The number of sulfonamides is 1. The predicted octanol–water partition coefficient (Wildman–Crippen LogP) is -1.66. The van der Waals surface area contributed by atoms with Gasteiger partial charge in [0.1, 0.15) is 5.25 Å². The smallest absolute Gasteiger partial charge is 0.214 e. The first kappa shape index (κ1) is 9.91. The molecule has 0 spiro atoms. The molecule has 0 saturated carbocycles. The van der Waals surface area contributed by atoms with Crippen LogP contribution in [0, 0.1) is 0 Å². The van der Waals surface area contributed by atoms with E-state index in [0.717, 1.165) is 0 Å². The van der Waals surface area contributed by atoms with E-state index in [1.54, 1.807) is 0 Å². The topological polar surface area (TPSA) is 83.6 Å². The van der Waals surface area contributed by atoms with E-state index >= 15 is 0 Å². The summed E-state index contributed by atoms with van der Waals surface area (Å²) < 4.78 is 21.5. The second kappa shape index (κ2) is 3.29. The number of likely N-dealkylation sites (tertiary alicyclic amines) is 1. The minimum absolute atomic E-state index is 0.0306. The molecule has 1 aliphatic heterocycles. The SMILES string of the molecule is CC(CO)N1CC(S(N)(=O)=O)C1. The first-order chi connectivity index (χ1) is 5.45. The molecule has 1 saturated heterocycles. The van der Waals surface area contributed by atoms with Crippen molar-refractivity contribution in [3.8, 4) is 0 Å². The second-order valence-corrected chi connectivity index (χ2v) is 5.04. The molecule has 0 bridgehead atoms. The van der Waals surface area contributed by atoms with Gasteiger partial charge in [0.15, 0.2) is 0 Å². The van der Waals surface area contributed by atoms with E-state index in [9.17, 15) is 8.42 Å². The van der Waals surface area contributed by atoms with Gasteiger partial charge in [0.25, 0.3) is 0 Å². The second-order valence-electron chi connectivity index (χ2n) is 3.20. The van der Waals surface area contributed by atoms with Crippen LogP contribution in [0.15, 0.2) is 0 Å². The van der Waals surface area contributed by atoms with Gasteiger partial charge in [-0.15, -0.1) is 0 Å². The number of rotatable bonds is 3. The fraction of sp³-hybridized carbons (Fsp3) is 1.00. The van der Waals surface area contributed by atoms with Crippen molar-refractivity contribution in [2.24, 2.45) is 5.14 Å². The maximum absolute atomic E-state index is 10.8. The molecule has 1 fully saturated rings. The fourth-order valence-corrected chi connectivity index (χ4v) is 1.95. The Bertz CT molecular complexity index is 246. The van der Waals surface area contributed by atoms with E-state index in [4.69, 9.17) is 10.2 Å². The first-order valence-electron chi connectivity index (χ1n) is 3.81. The van der Waals surface area contributed by atoms with Crippen LogP contribution in [-0.2, 0) is 10.0 Å². The third-order valence-corrected chi connectivity index (χ3v) is 3.46. The average Bonchev–Trinajstić information content (AvgIpc) is 1.80. The number of aliphatic hydroxyl groups excluding tert-OH is 1. The minimum Gasteiger partial charge on any atom is -0.395 e. The van der Waals surface area contributed by atoms with Crippen molar-refractivity contribution in [1.82, 2.24) is 4.90 Å². The van der Waals surface area contributed by atoms with Crippen molar-refractivity contribution in [3.05, 3.63) is 0 Å². The standard InChI is InChI=1S/C6H14N2O3S/c1-5(4-9)8-2-6(3-8)12(7,10)11/h5-6,9H,2-4H2,1H3,(H2,7,10,11). The summed E-state index contributed by atoms with van der Waals surface area (Å²) in [5, 5.41) is 13.2. The molecule has 12 heavy (non-hydrogen) atoms. The minimum atomic E-state index is -3.36. The lowest BCUT2D eigenvalue weighted by atomic mass is 10.1. The molecular weight excluding hydrogens is 180 g/mol. The van der Waals surface area contributed by atoms with Crippen LogP contribution in [0.3, 0.4) is 0 Å². The summed E-state index contributed by atoms with van der Waals surface area (Å²) in [6.07, 6.45) is 0. The quantitative estimate of drug-likeness (QED) is 0.563. The van der Waals surface area contributed by atoms with Gasteiger partial charge in [-0.2, -0.15) is 0 Å². The molecule has 1 unspecified atom stereocenters. The van der Waals surface area contributed by atoms with Crippen molar-refractivity contribution in [2.45, 2.75) is 18.2 Å². The zero-order valence-electron chi connectivity index (χ0n) is 6.97. The van der Waals surface area contributed by atoms with E-state index in [0.29, 0.717) is 13.1 Å². The van der Waals surface area contributed by atoms with Crippen LogP contribution in [0.4, 0.5) is 0 Å². The van der Waals surface area contributed by atoms with Gasteiger partial charge in [0, 0.05) is 19.1 Å². The molecule has 1 aliphatic rings. The third-order valence-electron chi connectivity index (χ3n) is 2.23. The van der Waals surface area contributed by atoms with Crippen molar-refractivity contribution in [1.29, 1.82) is 0 Å². The third kappa shape index (κ3) is 1.95. The molecule has 1 heterocycles. The maximum atomic E-state index is 10.8. The number of primary sulfonamides is 1. The lowest BCUT2D eigenvalue weighted by molar-refractivity contribution is 0.0849. The highest BCUT2D eigenvalue weighted by Gasteiger charge is 2.36. The summed E-state index contributed by atoms with van der Waals surface area (Å²) in [5.74, 6) is 0. The number of hydrogen-bond donors (Lipinski definition) is 2. The number of nitrogens with zero attached hydrogens (tertiary/aromatic N) is 1. The van der Waals surface area contributed by atoms with Gasteiger partial charge in [-0.3, -0.25) is 4.90 Å². The Morgan fingerprint density at radius 2 is 2.17 bits per heavy atom. The first-order valence-corrected chi connectivity index (χ1v) is 5.42. The molecule has 0 amide bonds. The molecule has 0 radical (unpaired) electrons. The molecule has 0 aromatic rings. The highest BCUT2D eigenvalue weighted by molar-refractivity contribution is 7.89. The number of nitrogens with two attached hydrogens (primary N) is 1. The lowest BCUT2D eigenvalue weighted by Crippen LogP contribution is -2.59. The Kier molecular flexibility index (Phi) is 2.72. The van der Waals surface area contributed by atoms with Crippen molar-refractivity contribution in [3.63, 3.8) is 0 Å². The number of aliphatic hydroxyl groups is 1. The highest BCUT2D eigenvalue weighted by atomic mass is 32.2. The van der Waals surface area contributed by atoms with Crippen LogP contribution in [0.2, 0.25) is 0 Å². The predicted molar refractivity (Wildman–Crippen MR) is 45.0 cm³/mol. The van der Waals surface area contributed by atoms with Gasteiger partial charge in [0.05, 0.1) is 6.61 Å². The molecule has 0 aromatic heterocycles. The summed E-state index contributed by atoms with van der Waals surface area (Å²) in [6.45, 7) is 2.79. The van der Waals surface area contributed by atoms with Crippen LogP contribution in [0.5, 0.6) is 0 Å². The zero-order valence-corrected chi connectivity index (χ0v) is 7.79. The van der Waals surface area contributed by atoms with Gasteiger partial charge in [-0.05, 0) is 6.92 Å². The normalized spacial score (nSPS) is 23.6. The largest absolute Gasteiger partial charge is 0.395 e. The molecule has 3 N–H and O–H groups in total. The van der Waals surface area contributed by atoms with E-state index in [1.807, 2.05) is 11.8 Å². The monoisotopic (exact) mass is 194 g/mol. The van der Waals surface area contributed by atoms with Gasteiger partial charge in [0.2, 0.25) is 10.0 Å². The van der Waals surface area contributed by atoms with Crippen LogP contribution >= 0.6 is 0 Å². The summed E-state index contributed by atoms with van der Waals surface area (Å²) in [7, 11) is -3.36. The van der Waals surface area contributed by atoms with Crippen molar-refractivity contribution >= 4 is 10.0 Å². The Labute approximate surface area is 72.2 Å². The van der Waals surface area contributed by atoms with Crippen molar-refractivity contribution in [2.75, 3.05) is 19.7 Å². The van der Waals surface area contributed by atoms with Crippen molar-refractivity contribution < 1.29 is 13.5 Å². The van der Waals surface area contributed by atoms with E-state index in [1.165, 1.54) is 0 Å². The molecule has 6 heteroatoms. The Hall–Kier alpha value is -0.170. The average molecular weight is 194 g/mol. The fourth-order valence-electron chi connectivity index (χ4n) is 1.15. The lowest BCUT2D eigenvalue weighted by Gasteiger charge is -2.41. The van der Waals surface area contributed by atoms with Gasteiger partial charge < -0.3 is 5.11 Å². The zero-order chi connectivity index (χ0) is 9.35. The Morgan fingerprint density at radius 3 is 2.50 bits per heavy atom. The Balaban J connectivity index is 2.39. The molecule has 0 aromatic carbocycles. The summed E-state index contributed by atoms with van der Waals surface area (Å²) in [5.41, 5.74) is 0. The molecular formula is C6H14N2O3S. The van der Waals surface area contributed by atoms with Gasteiger partial charge in [-0.25, -0.2) is 13.6 Å². The van der Waals surface area contributed by atoms with Crippen LogP contribution < -0.4 is 5.14 Å². The number of hydrogen-bond acceptors (Lipinski definition) is 4. The van der Waals surface area contributed by atoms with Gasteiger partial charge >= 0.3 is 0 Å². The van der Waals surface area contributed by atoms with Gasteiger partial charge in [-0.1, -0.05) is 0 Å². The van der Waals surface area contributed by atoms with E-state index < -0.39 is 15.3 Å². The Morgan fingerprint density at radius 1 is 1.67 bits per heavy atom. The summed E-state index contributed by atoms with van der Waals surface area (Å²) in [4.78, 5) is 1.88. The molecule has 1 atom stereocenters. The highest BCUT2D eigenvalue weighted by Crippen LogP contribution is 2.16.